The number of anilines is 1. The summed E-state index contributed by atoms with van der Waals surface area (Å²) in [5.41, 5.74) is 9.46. The summed E-state index contributed by atoms with van der Waals surface area (Å²) in [7, 11) is 0. The largest absolute Gasteiger partial charge is 0.486 e. The molecule has 0 aliphatic rings. The Hall–Kier alpha value is -2.49. The van der Waals surface area contributed by atoms with Gasteiger partial charge in [-0.15, -0.1) is 0 Å². The first-order valence-corrected chi connectivity index (χ1v) is 6.29. The monoisotopic (exact) mass is 271 g/mol. The molecule has 0 radical (unpaired) electrons. The van der Waals surface area contributed by atoms with Gasteiger partial charge in [-0.05, 0) is 37.1 Å². The van der Waals surface area contributed by atoms with Crippen LogP contribution in [0.2, 0.25) is 0 Å². The number of aromatic carboxylic acids is 1. The molecule has 0 atom stereocenters. The Labute approximate surface area is 117 Å². The van der Waals surface area contributed by atoms with Crippen molar-refractivity contribution in [2.24, 2.45) is 0 Å². The zero-order valence-electron chi connectivity index (χ0n) is 11.5. The first kappa shape index (κ1) is 13.9. The number of hydrogen-bond donors (Lipinski definition) is 2. The molecule has 2 aromatic rings. The highest BCUT2D eigenvalue weighted by Crippen LogP contribution is 2.27. The van der Waals surface area contributed by atoms with Crippen LogP contribution in [-0.4, -0.2) is 11.1 Å². The molecule has 0 aliphatic carbocycles. The van der Waals surface area contributed by atoms with Crippen LogP contribution in [0, 0.1) is 13.8 Å². The number of nitrogens with two attached hydrogens (primary N) is 1. The van der Waals surface area contributed by atoms with E-state index in [9.17, 15) is 4.79 Å². The maximum absolute atomic E-state index is 11.2. The van der Waals surface area contributed by atoms with E-state index >= 15 is 0 Å². The average molecular weight is 271 g/mol. The summed E-state index contributed by atoms with van der Waals surface area (Å²) < 4.78 is 5.65. The molecular formula is C16H17NO3. The molecule has 0 spiro atoms. The van der Waals surface area contributed by atoms with Crippen LogP contribution in [0.25, 0.3) is 0 Å². The second-order valence-corrected chi connectivity index (χ2v) is 4.75. The molecule has 20 heavy (non-hydrogen) atoms. The Morgan fingerprint density at radius 2 is 2.00 bits per heavy atom. The summed E-state index contributed by atoms with van der Waals surface area (Å²) in [5, 5.41) is 9.15. The first-order chi connectivity index (χ1) is 9.49. The lowest BCUT2D eigenvalue weighted by Crippen LogP contribution is -2.06. The number of carboxylic acids is 1. The third-order valence-corrected chi connectivity index (χ3v) is 3.15. The van der Waals surface area contributed by atoms with Crippen molar-refractivity contribution >= 4 is 11.7 Å². The highest BCUT2D eigenvalue weighted by atomic mass is 16.5. The summed E-state index contributed by atoms with van der Waals surface area (Å²) in [6.45, 7) is 4.29. The fourth-order valence-electron chi connectivity index (χ4n) is 1.99. The van der Waals surface area contributed by atoms with Gasteiger partial charge in [0.15, 0.2) is 5.75 Å². The molecule has 0 bridgehead atoms. The highest BCUT2D eigenvalue weighted by molar-refractivity contribution is 5.93. The molecule has 2 rings (SSSR count). The SMILES string of the molecule is Cc1ccc(C)c(COc2c(N)cccc2C(=O)O)c1. The van der Waals surface area contributed by atoms with Gasteiger partial charge < -0.3 is 15.6 Å². The second-order valence-electron chi connectivity index (χ2n) is 4.75. The summed E-state index contributed by atoms with van der Waals surface area (Å²) in [6, 6.07) is 10.8. The minimum Gasteiger partial charge on any atom is -0.486 e. The number of carboxylic acid groups (broad SMARTS) is 1. The van der Waals surface area contributed by atoms with Gasteiger partial charge in [0.2, 0.25) is 0 Å². The Morgan fingerprint density at radius 3 is 2.70 bits per heavy atom. The Bertz CT molecular complexity index is 650. The number of carbonyl (C=O) groups is 1. The van der Waals surface area contributed by atoms with E-state index < -0.39 is 5.97 Å². The number of hydrogen-bond acceptors (Lipinski definition) is 3. The van der Waals surface area contributed by atoms with E-state index in [1.165, 1.54) is 6.07 Å². The lowest BCUT2D eigenvalue weighted by molar-refractivity contribution is 0.0692. The van der Waals surface area contributed by atoms with Gasteiger partial charge in [0.25, 0.3) is 0 Å². The zero-order valence-corrected chi connectivity index (χ0v) is 11.5. The third kappa shape index (κ3) is 2.91. The predicted octanol–water partition coefficient (Wildman–Crippen LogP) is 3.16. The van der Waals surface area contributed by atoms with E-state index in [2.05, 4.69) is 0 Å². The van der Waals surface area contributed by atoms with E-state index in [0.29, 0.717) is 12.3 Å². The average Bonchev–Trinajstić information content (AvgIpc) is 2.40. The van der Waals surface area contributed by atoms with Gasteiger partial charge >= 0.3 is 5.97 Å². The molecule has 0 aromatic heterocycles. The third-order valence-electron chi connectivity index (χ3n) is 3.15. The standard InChI is InChI=1S/C16H17NO3/c1-10-6-7-11(2)12(8-10)9-20-15-13(16(18)19)4-3-5-14(15)17/h3-8H,9,17H2,1-2H3,(H,18,19). The minimum absolute atomic E-state index is 0.0790. The number of rotatable bonds is 4. The number of ether oxygens (including phenoxy) is 1. The van der Waals surface area contributed by atoms with Crippen molar-refractivity contribution in [3.05, 3.63) is 58.7 Å². The molecule has 3 N–H and O–H groups in total. The Kier molecular flexibility index (Phi) is 3.94. The van der Waals surface area contributed by atoms with E-state index in [1.807, 2.05) is 32.0 Å². The van der Waals surface area contributed by atoms with Crippen LogP contribution >= 0.6 is 0 Å². The molecule has 0 aliphatic heterocycles. The van der Waals surface area contributed by atoms with Gasteiger partial charge in [0.1, 0.15) is 12.2 Å². The van der Waals surface area contributed by atoms with Crippen molar-refractivity contribution in [3.8, 4) is 5.75 Å². The predicted molar refractivity (Wildman–Crippen MR) is 78.1 cm³/mol. The summed E-state index contributed by atoms with van der Waals surface area (Å²) in [5.74, 6) is -0.825. The number of nitrogen functional groups attached to an aromatic ring is 1. The maximum atomic E-state index is 11.2. The van der Waals surface area contributed by atoms with Crippen LogP contribution in [-0.2, 0) is 6.61 Å². The first-order valence-electron chi connectivity index (χ1n) is 6.29. The fourth-order valence-corrected chi connectivity index (χ4v) is 1.99. The van der Waals surface area contributed by atoms with E-state index in [0.717, 1.165) is 16.7 Å². The number of para-hydroxylation sites is 1. The van der Waals surface area contributed by atoms with Crippen molar-refractivity contribution in [1.82, 2.24) is 0 Å². The van der Waals surface area contributed by atoms with E-state index in [4.69, 9.17) is 15.6 Å². The van der Waals surface area contributed by atoms with Crippen molar-refractivity contribution in [2.75, 3.05) is 5.73 Å². The van der Waals surface area contributed by atoms with Crippen molar-refractivity contribution < 1.29 is 14.6 Å². The van der Waals surface area contributed by atoms with Gasteiger partial charge in [0.05, 0.1) is 5.69 Å². The maximum Gasteiger partial charge on any atom is 0.339 e. The van der Waals surface area contributed by atoms with Crippen molar-refractivity contribution in [1.29, 1.82) is 0 Å². The van der Waals surface area contributed by atoms with Crippen molar-refractivity contribution in [2.45, 2.75) is 20.5 Å². The molecule has 0 saturated heterocycles. The topological polar surface area (TPSA) is 72.5 Å². The molecule has 104 valence electrons. The summed E-state index contributed by atoms with van der Waals surface area (Å²) >= 11 is 0. The molecule has 4 heteroatoms. The van der Waals surface area contributed by atoms with Crippen LogP contribution in [0.15, 0.2) is 36.4 Å². The molecule has 0 amide bonds. The fraction of sp³-hybridized carbons (Fsp3) is 0.188. The Balaban J connectivity index is 2.27. The lowest BCUT2D eigenvalue weighted by atomic mass is 10.1. The van der Waals surface area contributed by atoms with E-state index in [-0.39, 0.29) is 11.3 Å². The van der Waals surface area contributed by atoms with Gasteiger partial charge in [-0.2, -0.15) is 0 Å². The quantitative estimate of drug-likeness (QED) is 0.838. The lowest BCUT2D eigenvalue weighted by Gasteiger charge is -2.13. The van der Waals surface area contributed by atoms with Crippen molar-refractivity contribution in [3.63, 3.8) is 0 Å². The van der Waals surface area contributed by atoms with Gasteiger partial charge in [-0.25, -0.2) is 4.79 Å². The van der Waals surface area contributed by atoms with Crippen LogP contribution in [0.4, 0.5) is 5.69 Å². The summed E-state index contributed by atoms with van der Waals surface area (Å²) in [6.07, 6.45) is 0. The molecule has 0 heterocycles. The normalized spacial score (nSPS) is 10.3. The van der Waals surface area contributed by atoms with Crippen LogP contribution in [0.3, 0.4) is 0 Å². The molecule has 0 unspecified atom stereocenters. The smallest absolute Gasteiger partial charge is 0.339 e. The van der Waals surface area contributed by atoms with Crippen LogP contribution in [0.1, 0.15) is 27.0 Å². The minimum atomic E-state index is -1.05. The van der Waals surface area contributed by atoms with Crippen LogP contribution < -0.4 is 10.5 Å². The van der Waals surface area contributed by atoms with E-state index in [1.54, 1.807) is 12.1 Å². The van der Waals surface area contributed by atoms with Gasteiger partial charge in [-0.1, -0.05) is 29.8 Å². The second kappa shape index (κ2) is 5.65. The molecule has 4 nitrogen and oxygen atoms in total. The molecular weight excluding hydrogens is 254 g/mol. The number of aryl methyl sites for hydroxylation is 2. The molecule has 0 fully saturated rings. The molecule has 2 aromatic carbocycles. The Morgan fingerprint density at radius 1 is 1.25 bits per heavy atom. The summed E-state index contributed by atoms with van der Waals surface area (Å²) in [4.78, 5) is 11.2. The van der Waals surface area contributed by atoms with Gasteiger partial charge in [-0.3, -0.25) is 0 Å². The highest BCUT2D eigenvalue weighted by Gasteiger charge is 2.14. The van der Waals surface area contributed by atoms with Crippen LogP contribution in [0.5, 0.6) is 5.75 Å². The number of benzene rings is 2. The molecule has 0 saturated carbocycles. The van der Waals surface area contributed by atoms with Gasteiger partial charge in [0, 0.05) is 0 Å². The zero-order chi connectivity index (χ0) is 14.7.